The summed E-state index contributed by atoms with van der Waals surface area (Å²) in [5, 5.41) is 0. The highest BCUT2D eigenvalue weighted by Crippen LogP contribution is 2.29. The summed E-state index contributed by atoms with van der Waals surface area (Å²) in [7, 11) is -3.72. The SMILES string of the molecule is Cc1ccc(S(=O)(=O)N2CCCC(=O)c3cccnc32)cc1. The summed E-state index contributed by atoms with van der Waals surface area (Å²) in [6.07, 6.45) is 2.33. The zero-order valence-corrected chi connectivity index (χ0v) is 13.0. The second-order valence-electron chi connectivity index (χ2n) is 5.29. The number of hydrogen-bond acceptors (Lipinski definition) is 4. The number of carbonyl (C=O) groups is 1. The zero-order chi connectivity index (χ0) is 15.7. The number of ketones is 1. The third kappa shape index (κ3) is 2.50. The van der Waals surface area contributed by atoms with Gasteiger partial charge in [0.1, 0.15) is 0 Å². The van der Waals surface area contributed by atoms with Crippen LogP contribution in [0, 0.1) is 6.92 Å². The number of fused-ring (bicyclic) bond motifs is 1. The van der Waals surface area contributed by atoms with E-state index in [0.29, 0.717) is 18.4 Å². The third-order valence-electron chi connectivity index (χ3n) is 3.70. The number of benzene rings is 1. The highest BCUT2D eigenvalue weighted by atomic mass is 32.2. The molecule has 0 saturated carbocycles. The van der Waals surface area contributed by atoms with Crippen molar-refractivity contribution in [1.29, 1.82) is 0 Å². The highest BCUT2D eigenvalue weighted by Gasteiger charge is 2.31. The molecule has 0 bridgehead atoms. The first-order valence-electron chi connectivity index (χ1n) is 7.08. The number of rotatable bonds is 2. The van der Waals surface area contributed by atoms with Crippen molar-refractivity contribution in [3.05, 3.63) is 53.7 Å². The van der Waals surface area contributed by atoms with Gasteiger partial charge in [-0.3, -0.25) is 4.79 Å². The van der Waals surface area contributed by atoms with E-state index in [1.54, 1.807) is 36.4 Å². The molecule has 3 rings (SSSR count). The van der Waals surface area contributed by atoms with E-state index in [4.69, 9.17) is 0 Å². The number of anilines is 1. The summed E-state index contributed by atoms with van der Waals surface area (Å²) in [6, 6.07) is 9.97. The number of sulfonamides is 1. The maximum atomic E-state index is 12.9. The molecule has 1 aromatic carbocycles. The number of aromatic nitrogens is 1. The Morgan fingerprint density at radius 1 is 1.14 bits per heavy atom. The van der Waals surface area contributed by atoms with E-state index in [0.717, 1.165) is 5.56 Å². The minimum absolute atomic E-state index is 0.0651. The van der Waals surface area contributed by atoms with Crippen molar-refractivity contribution >= 4 is 21.6 Å². The van der Waals surface area contributed by atoms with E-state index in [1.165, 1.54) is 10.5 Å². The van der Waals surface area contributed by atoms with Crippen molar-refractivity contribution < 1.29 is 13.2 Å². The number of Topliss-reactive ketones (excluding diaryl/α,β-unsaturated/α-hetero) is 1. The molecule has 22 heavy (non-hydrogen) atoms. The molecular formula is C16H16N2O3S. The molecule has 0 fully saturated rings. The van der Waals surface area contributed by atoms with Crippen LogP contribution >= 0.6 is 0 Å². The Morgan fingerprint density at radius 2 is 1.86 bits per heavy atom. The molecule has 0 atom stereocenters. The predicted molar refractivity (Wildman–Crippen MR) is 83.5 cm³/mol. The fraction of sp³-hybridized carbons (Fsp3) is 0.250. The molecule has 0 saturated heterocycles. The fourth-order valence-electron chi connectivity index (χ4n) is 2.51. The Labute approximate surface area is 129 Å². The van der Waals surface area contributed by atoms with Crippen LogP contribution < -0.4 is 4.31 Å². The van der Waals surface area contributed by atoms with Crippen LogP contribution in [-0.2, 0) is 10.0 Å². The second-order valence-corrected chi connectivity index (χ2v) is 7.15. The van der Waals surface area contributed by atoms with Crippen LogP contribution in [-0.4, -0.2) is 25.7 Å². The van der Waals surface area contributed by atoms with Gasteiger partial charge in [-0.15, -0.1) is 0 Å². The van der Waals surface area contributed by atoms with Gasteiger partial charge >= 0.3 is 0 Å². The van der Waals surface area contributed by atoms with Crippen molar-refractivity contribution in [2.75, 3.05) is 10.8 Å². The van der Waals surface area contributed by atoms with Crippen molar-refractivity contribution in [1.82, 2.24) is 4.98 Å². The average Bonchev–Trinajstić information content (AvgIpc) is 2.68. The van der Waals surface area contributed by atoms with Crippen LogP contribution in [0.1, 0.15) is 28.8 Å². The standard InChI is InChI=1S/C16H16N2O3S/c1-12-6-8-13(9-7-12)22(20,21)18-11-3-5-15(19)14-4-2-10-17-16(14)18/h2,4,6-10H,3,5,11H2,1H3. The fourth-order valence-corrected chi connectivity index (χ4v) is 3.99. The first-order valence-corrected chi connectivity index (χ1v) is 8.52. The molecule has 1 aromatic heterocycles. The van der Waals surface area contributed by atoms with E-state index in [2.05, 4.69) is 4.98 Å². The zero-order valence-electron chi connectivity index (χ0n) is 12.2. The van der Waals surface area contributed by atoms with Gasteiger partial charge in [0, 0.05) is 19.2 Å². The number of aryl methyl sites for hydroxylation is 1. The molecule has 2 aromatic rings. The average molecular weight is 316 g/mol. The van der Waals surface area contributed by atoms with Crippen LogP contribution in [0.3, 0.4) is 0 Å². The second kappa shape index (κ2) is 5.53. The molecule has 114 valence electrons. The largest absolute Gasteiger partial charge is 0.294 e. The molecule has 0 aliphatic carbocycles. The van der Waals surface area contributed by atoms with Gasteiger partial charge in [0.05, 0.1) is 10.5 Å². The number of carbonyl (C=O) groups excluding carboxylic acids is 1. The van der Waals surface area contributed by atoms with Crippen molar-refractivity contribution in [2.24, 2.45) is 0 Å². The first kappa shape index (κ1) is 14.7. The van der Waals surface area contributed by atoms with E-state index in [-0.39, 0.29) is 23.0 Å². The number of hydrogen-bond donors (Lipinski definition) is 0. The topological polar surface area (TPSA) is 67.3 Å². The van der Waals surface area contributed by atoms with Crippen LogP contribution in [0.5, 0.6) is 0 Å². The summed E-state index contributed by atoms with van der Waals surface area (Å²) in [5.74, 6) is 0.162. The van der Waals surface area contributed by atoms with E-state index >= 15 is 0 Å². The lowest BCUT2D eigenvalue weighted by Crippen LogP contribution is -2.32. The Kier molecular flexibility index (Phi) is 3.70. The van der Waals surface area contributed by atoms with E-state index < -0.39 is 10.0 Å². The van der Waals surface area contributed by atoms with Gasteiger partial charge in [-0.2, -0.15) is 0 Å². The molecule has 6 heteroatoms. The third-order valence-corrected chi connectivity index (χ3v) is 5.50. The lowest BCUT2D eigenvalue weighted by Gasteiger charge is -2.22. The maximum absolute atomic E-state index is 12.9. The lowest BCUT2D eigenvalue weighted by molar-refractivity contribution is 0.0983. The quantitative estimate of drug-likeness (QED) is 0.854. The summed E-state index contributed by atoms with van der Waals surface area (Å²) >= 11 is 0. The molecule has 5 nitrogen and oxygen atoms in total. The highest BCUT2D eigenvalue weighted by molar-refractivity contribution is 7.92. The molecule has 0 unspecified atom stereocenters. The summed E-state index contributed by atoms with van der Waals surface area (Å²) < 4.78 is 27.0. The first-order chi connectivity index (χ1) is 10.5. The monoisotopic (exact) mass is 316 g/mol. The molecule has 0 spiro atoms. The van der Waals surface area contributed by atoms with Gasteiger partial charge in [0.2, 0.25) is 0 Å². The molecule has 0 amide bonds. The molecule has 1 aliphatic rings. The van der Waals surface area contributed by atoms with Crippen molar-refractivity contribution in [3.63, 3.8) is 0 Å². The molecule has 0 N–H and O–H groups in total. The minimum atomic E-state index is -3.72. The van der Waals surface area contributed by atoms with Crippen LogP contribution in [0.4, 0.5) is 5.82 Å². The van der Waals surface area contributed by atoms with Gasteiger partial charge in [-0.1, -0.05) is 17.7 Å². The Hall–Kier alpha value is -2.21. The van der Waals surface area contributed by atoms with Crippen molar-refractivity contribution in [2.45, 2.75) is 24.7 Å². The number of pyridine rings is 1. The van der Waals surface area contributed by atoms with Gasteiger partial charge in [-0.05, 0) is 37.6 Å². The summed E-state index contributed by atoms with van der Waals surface area (Å²) in [4.78, 5) is 16.5. The predicted octanol–water partition coefficient (Wildman–Crippen LogP) is 2.56. The van der Waals surface area contributed by atoms with E-state index in [9.17, 15) is 13.2 Å². The van der Waals surface area contributed by atoms with Crippen LogP contribution in [0.15, 0.2) is 47.5 Å². The summed E-state index contributed by atoms with van der Waals surface area (Å²) in [6.45, 7) is 2.16. The van der Waals surface area contributed by atoms with Crippen molar-refractivity contribution in [3.8, 4) is 0 Å². The molecule has 0 radical (unpaired) electrons. The molecule has 2 heterocycles. The Bertz CT molecular complexity index is 814. The van der Waals surface area contributed by atoms with Gasteiger partial charge < -0.3 is 0 Å². The smallest absolute Gasteiger partial charge is 0.265 e. The minimum Gasteiger partial charge on any atom is -0.294 e. The lowest BCUT2D eigenvalue weighted by atomic mass is 10.1. The molecule has 1 aliphatic heterocycles. The van der Waals surface area contributed by atoms with E-state index in [1.807, 2.05) is 6.92 Å². The molecular weight excluding hydrogens is 300 g/mol. The summed E-state index contributed by atoms with van der Waals surface area (Å²) in [5.41, 5.74) is 1.36. The van der Waals surface area contributed by atoms with Gasteiger partial charge in [0.15, 0.2) is 11.6 Å². The Balaban J connectivity index is 2.12. The Morgan fingerprint density at radius 3 is 2.59 bits per heavy atom. The van der Waals surface area contributed by atoms with Crippen LogP contribution in [0.25, 0.3) is 0 Å². The van der Waals surface area contributed by atoms with Gasteiger partial charge in [-0.25, -0.2) is 17.7 Å². The normalized spacial score (nSPS) is 15.3. The van der Waals surface area contributed by atoms with Gasteiger partial charge in [0.25, 0.3) is 10.0 Å². The van der Waals surface area contributed by atoms with Crippen LogP contribution in [0.2, 0.25) is 0 Å². The maximum Gasteiger partial charge on any atom is 0.265 e. The number of nitrogens with zero attached hydrogens (tertiary/aromatic N) is 2.